The van der Waals surface area contributed by atoms with Crippen molar-refractivity contribution in [3.05, 3.63) is 77.4 Å². The van der Waals surface area contributed by atoms with Gasteiger partial charge in [-0.15, -0.1) is 0 Å². The number of nitrogens with zero attached hydrogens (tertiary/aromatic N) is 3. The first-order chi connectivity index (χ1) is 27.9. The third-order valence-corrected chi connectivity index (χ3v) is 9.48. The van der Waals surface area contributed by atoms with Crippen LogP contribution in [0.3, 0.4) is 0 Å². The van der Waals surface area contributed by atoms with Crippen LogP contribution in [-0.2, 0) is 64.6 Å². The van der Waals surface area contributed by atoms with Crippen molar-refractivity contribution in [2.24, 2.45) is 0 Å². The molecule has 2 aromatic carbocycles. The van der Waals surface area contributed by atoms with Crippen molar-refractivity contribution in [3.63, 3.8) is 0 Å². The van der Waals surface area contributed by atoms with Gasteiger partial charge in [0.05, 0.1) is 71.5 Å². The molecule has 0 unspecified atom stereocenters. The Morgan fingerprint density at radius 3 is 1.91 bits per heavy atom. The number of anilines is 1. The van der Waals surface area contributed by atoms with Crippen LogP contribution in [0.4, 0.5) is 5.69 Å². The van der Waals surface area contributed by atoms with Gasteiger partial charge in [0.2, 0.25) is 23.6 Å². The van der Waals surface area contributed by atoms with Crippen LogP contribution in [-0.4, -0.2) is 137 Å². The molecule has 2 aromatic rings. The number of nitrogens with one attached hydrogen (secondary N) is 2. The molecule has 58 heavy (non-hydrogen) atoms. The van der Waals surface area contributed by atoms with Gasteiger partial charge >= 0.3 is 10.3 Å². The highest BCUT2D eigenvalue weighted by Crippen LogP contribution is 2.26. The molecule has 4 rings (SSSR count). The first-order valence-corrected chi connectivity index (χ1v) is 20.0. The van der Waals surface area contributed by atoms with E-state index in [2.05, 4.69) is 22.5 Å². The van der Waals surface area contributed by atoms with Gasteiger partial charge in [-0.2, -0.15) is 8.42 Å². The van der Waals surface area contributed by atoms with Gasteiger partial charge in [-0.3, -0.25) is 38.2 Å². The normalized spacial score (nSPS) is 13.2. The SMILES string of the molecule is O=C(CCN1C(=O)C=CC1=O)NCCOCCOCCOCCOCCC(=O)N(CCC(=O)NCCC(=O)N1Cc2ccccc2C#Cc2ccccc21)S(=O)(=O)O. The lowest BCUT2D eigenvalue weighted by molar-refractivity contribution is -0.137. The second-order valence-corrected chi connectivity index (χ2v) is 14.0. The monoisotopic (exact) mass is 825 g/mol. The van der Waals surface area contributed by atoms with Gasteiger partial charge in [-0.05, 0) is 23.8 Å². The van der Waals surface area contributed by atoms with Crippen molar-refractivity contribution in [2.45, 2.75) is 32.2 Å². The van der Waals surface area contributed by atoms with Crippen LogP contribution in [0.1, 0.15) is 42.4 Å². The Bertz CT molecular complexity index is 1960. The van der Waals surface area contributed by atoms with E-state index in [1.54, 1.807) is 11.0 Å². The van der Waals surface area contributed by atoms with Crippen LogP contribution in [0.15, 0.2) is 60.7 Å². The number of rotatable bonds is 25. The molecule has 2 heterocycles. The van der Waals surface area contributed by atoms with E-state index in [0.29, 0.717) is 11.3 Å². The van der Waals surface area contributed by atoms with Crippen molar-refractivity contribution in [1.82, 2.24) is 19.8 Å². The summed E-state index contributed by atoms with van der Waals surface area (Å²) in [5, 5.41) is 5.21. The maximum absolute atomic E-state index is 13.4. The molecule has 2 aliphatic heterocycles. The van der Waals surface area contributed by atoms with Crippen molar-refractivity contribution in [3.8, 4) is 11.8 Å². The summed E-state index contributed by atoms with van der Waals surface area (Å²) in [5.41, 5.74) is 3.02. The van der Waals surface area contributed by atoms with Gasteiger partial charge in [0.25, 0.3) is 11.8 Å². The Labute approximate surface area is 336 Å². The van der Waals surface area contributed by atoms with Crippen LogP contribution in [0.25, 0.3) is 0 Å². The average molecular weight is 826 g/mol. The van der Waals surface area contributed by atoms with E-state index in [1.807, 2.05) is 42.5 Å². The molecular weight excluding hydrogens is 779 g/mol. The second-order valence-electron chi connectivity index (χ2n) is 12.7. The fourth-order valence-electron chi connectivity index (χ4n) is 5.57. The number of fused-ring (bicyclic) bond motifs is 2. The Balaban J connectivity index is 1.01. The number of hydrogen-bond donors (Lipinski definition) is 3. The summed E-state index contributed by atoms with van der Waals surface area (Å²) < 4.78 is 55.1. The predicted molar refractivity (Wildman–Crippen MR) is 207 cm³/mol. The molecule has 0 saturated heterocycles. The van der Waals surface area contributed by atoms with E-state index in [-0.39, 0.29) is 114 Å². The van der Waals surface area contributed by atoms with E-state index in [1.165, 1.54) is 0 Å². The first kappa shape index (κ1) is 45.2. The number of para-hydroxylation sites is 1. The highest BCUT2D eigenvalue weighted by molar-refractivity contribution is 7.84. The minimum absolute atomic E-state index is 0.00249. The van der Waals surface area contributed by atoms with Gasteiger partial charge < -0.3 is 34.5 Å². The van der Waals surface area contributed by atoms with E-state index in [9.17, 15) is 41.7 Å². The van der Waals surface area contributed by atoms with Crippen LogP contribution in [0.5, 0.6) is 0 Å². The third-order valence-electron chi connectivity index (χ3n) is 8.54. The fourth-order valence-corrected chi connectivity index (χ4v) is 6.24. The zero-order chi connectivity index (χ0) is 41.8. The lowest BCUT2D eigenvalue weighted by atomic mass is 10.0. The van der Waals surface area contributed by atoms with Gasteiger partial charge in [0, 0.05) is 68.7 Å². The molecule has 312 valence electrons. The van der Waals surface area contributed by atoms with Gasteiger partial charge in [-0.1, -0.05) is 42.2 Å². The number of carbonyl (C=O) groups is 6. The molecule has 19 heteroatoms. The summed E-state index contributed by atoms with van der Waals surface area (Å²) in [6, 6.07) is 14.8. The van der Waals surface area contributed by atoms with Crippen molar-refractivity contribution >= 4 is 51.4 Å². The van der Waals surface area contributed by atoms with E-state index in [0.717, 1.165) is 28.2 Å². The highest BCUT2D eigenvalue weighted by atomic mass is 32.2. The number of imide groups is 1. The highest BCUT2D eigenvalue weighted by Gasteiger charge is 2.26. The maximum Gasteiger partial charge on any atom is 0.362 e. The average Bonchev–Trinajstić information content (AvgIpc) is 3.51. The number of carbonyl (C=O) groups excluding carboxylic acids is 6. The molecule has 0 aromatic heterocycles. The first-order valence-electron chi connectivity index (χ1n) is 18.6. The molecule has 0 bridgehead atoms. The number of ether oxygens (including phenoxy) is 4. The van der Waals surface area contributed by atoms with E-state index >= 15 is 0 Å². The molecule has 0 radical (unpaired) electrons. The van der Waals surface area contributed by atoms with Crippen molar-refractivity contribution in [2.75, 3.05) is 83.9 Å². The Morgan fingerprint density at radius 2 is 1.24 bits per heavy atom. The molecule has 0 fully saturated rings. The summed E-state index contributed by atoms with van der Waals surface area (Å²) in [6.45, 7) is 1.34. The maximum atomic E-state index is 13.4. The minimum Gasteiger partial charge on any atom is -0.379 e. The lowest BCUT2D eigenvalue weighted by Gasteiger charge is -2.26. The Morgan fingerprint density at radius 1 is 0.690 bits per heavy atom. The smallest absolute Gasteiger partial charge is 0.362 e. The van der Waals surface area contributed by atoms with Crippen LogP contribution in [0.2, 0.25) is 0 Å². The van der Waals surface area contributed by atoms with Gasteiger partial charge in [0.1, 0.15) is 0 Å². The topological polar surface area (TPSA) is 227 Å². The summed E-state index contributed by atoms with van der Waals surface area (Å²) >= 11 is 0. The quantitative estimate of drug-likeness (QED) is 0.0532. The largest absolute Gasteiger partial charge is 0.379 e. The number of amides is 6. The number of benzene rings is 2. The van der Waals surface area contributed by atoms with Crippen LogP contribution < -0.4 is 15.5 Å². The molecule has 3 N–H and O–H groups in total. The molecule has 0 saturated carbocycles. The molecule has 0 aliphatic carbocycles. The number of hydrogen-bond acceptors (Lipinski definition) is 12. The summed E-state index contributed by atoms with van der Waals surface area (Å²) in [6.07, 6.45) is 1.44. The Hall–Kier alpha value is -5.49. The molecule has 6 amide bonds. The molecule has 18 nitrogen and oxygen atoms in total. The third kappa shape index (κ3) is 15.1. The lowest BCUT2D eigenvalue weighted by Crippen LogP contribution is -2.40. The summed E-state index contributed by atoms with van der Waals surface area (Å²) in [7, 11) is -4.96. The fraction of sp³-hybridized carbons (Fsp3) is 0.436. The molecule has 0 spiro atoms. The Kier molecular flexibility index (Phi) is 18.5. The van der Waals surface area contributed by atoms with Gasteiger partial charge in [0.15, 0.2) is 0 Å². The summed E-state index contributed by atoms with van der Waals surface area (Å²) in [4.78, 5) is 75.9. The van der Waals surface area contributed by atoms with E-state index in [4.69, 9.17) is 18.9 Å². The van der Waals surface area contributed by atoms with Crippen molar-refractivity contribution in [1.29, 1.82) is 0 Å². The van der Waals surface area contributed by atoms with Crippen LogP contribution >= 0.6 is 0 Å². The zero-order valence-corrected chi connectivity index (χ0v) is 32.7. The molecular formula is C39H47N5O13S. The van der Waals surface area contributed by atoms with Gasteiger partial charge in [-0.25, -0.2) is 4.31 Å². The predicted octanol–water partition coefficient (Wildman–Crippen LogP) is 0.349. The summed E-state index contributed by atoms with van der Waals surface area (Å²) in [5.74, 6) is 3.25. The minimum atomic E-state index is -4.96. The molecule has 0 atom stereocenters. The standard InChI is InChI=1S/C39H47N5O13S/c45-34(14-19-42-36(47)11-12-37(42)48)41-18-22-55-24-26-57-28-27-56-25-23-54-21-16-39(50)44(58(51,52)53)20-15-35(46)40-17-13-38(49)43-29-32-7-2-1-5-30(32)9-10-31-6-3-4-8-33(31)43/h1-8,11-12H,13-29H2,(H,40,46)(H,41,45)(H,51,52,53). The zero-order valence-electron chi connectivity index (χ0n) is 31.9. The van der Waals surface area contributed by atoms with Crippen molar-refractivity contribution < 1.29 is 60.7 Å². The second kappa shape index (κ2) is 23.7. The van der Waals surface area contributed by atoms with Crippen LogP contribution in [0, 0.1) is 11.8 Å². The van der Waals surface area contributed by atoms with E-state index < -0.39 is 46.9 Å². The molecule has 2 aliphatic rings.